The molecular weight excluding hydrogens is 408 g/mol. The maximum Gasteiger partial charge on any atom is 0.269 e. The van der Waals surface area contributed by atoms with Crippen LogP contribution in [0.3, 0.4) is 0 Å². The maximum atomic E-state index is 12.5. The summed E-state index contributed by atoms with van der Waals surface area (Å²) >= 11 is 0. The van der Waals surface area contributed by atoms with Crippen LogP contribution in [0.25, 0.3) is 16.8 Å². The summed E-state index contributed by atoms with van der Waals surface area (Å²) in [7, 11) is 0. The molecule has 0 saturated carbocycles. The highest BCUT2D eigenvalue weighted by atomic mass is 16.6. The van der Waals surface area contributed by atoms with E-state index in [0.29, 0.717) is 29.2 Å². The SMILES string of the molecule is Nc1ccc(-c2ccccc2)cc1NC(=O)CCc1cn(-c2ccc([N+](=O)[O-])cc2)nn1. The van der Waals surface area contributed by atoms with Gasteiger partial charge in [0.15, 0.2) is 0 Å². The van der Waals surface area contributed by atoms with Crippen LogP contribution >= 0.6 is 0 Å². The van der Waals surface area contributed by atoms with Crippen molar-refractivity contribution in [3.05, 3.63) is 94.8 Å². The van der Waals surface area contributed by atoms with E-state index in [-0.39, 0.29) is 18.0 Å². The molecule has 1 amide bonds. The summed E-state index contributed by atoms with van der Waals surface area (Å²) in [5, 5.41) is 21.7. The first-order chi connectivity index (χ1) is 15.5. The molecule has 160 valence electrons. The molecule has 0 aliphatic rings. The second-order valence-electron chi connectivity index (χ2n) is 7.14. The minimum absolute atomic E-state index is 0.00127. The molecule has 4 aromatic rings. The first-order valence-corrected chi connectivity index (χ1v) is 9.90. The number of aromatic nitrogens is 3. The molecule has 0 spiro atoms. The van der Waals surface area contributed by atoms with E-state index in [1.54, 1.807) is 24.4 Å². The Morgan fingerprint density at radius 1 is 1.03 bits per heavy atom. The van der Waals surface area contributed by atoms with E-state index in [1.807, 2.05) is 42.5 Å². The summed E-state index contributed by atoms with van der Waals surface area (Å²) in [6.45, 7) is 0. The Balaban J connectivity index is 1.38. The quantitative estimate of drug-likeness (QED) is 0.260. The Morgan fingerprint density at radius 3 is 2.50 bits per heavy atom. The molecule has 4 rings (SSSR count). The predicted octanol–water partition coefficient (Wildman–Crippen LogP) is 4.00. The summed E-state index contributed by atoms with van der Waals surface area (Å²) in [6, 6.07) is 21.4. The number of hydrogen-bond acceptors (Lipinski definition) is 6. The van der Waals surface area contributed by atoms with Crippen molar-refractivity contribution < 1.29 is 9.72 Å². The van der Waals surface area contributed by atoms with Crippen molar-refractivity contribution in [1.29, 1.82) is 0 Å². The highest BCUT2D eigenvalue weighted by molar-refractivity contribution is 5.95. The lowest BCUT2D eigenvalue weighted by Gasteiger charge is -2.10. The van der Waals surface area contributed by atoms with Gasteiger partial charge in [-0.15, -0.1) is 5.10 Å². The highest BCUT2D eigenvalue weighted by Crippen LogP contribution is 2.27. The first kappa shape index (κ1) is 20.7. The van der Waals surface area contributed by atoms with E-state index in [1.165, 1.54) is 16.8 Å². The number of carbonyl (C=O) groups excluding carboxylic acids is 1. The minimum atomic E-state index is -0.461. The zero-order chi connectivity index (χ0) is 22.5. The third-order valence-corrected chi connectivity index (χ3v) is 4.91. The Hall–Kier alpha value is -4.53. The standard InChI is InChI=1S/C23H20N6O3/c24-21-12-6-17(16-4-2-1-3-5-16)14-22(21)25-23(30)13-7-18-15-28(27-26-18)19-8-10-20(11-9-19)29(31)32/h1-6,8-12,14-15H,7,13,24H2,(H,25,30). The highest BCUT2D eigenvalue weighted by Gasteiger charge is 2.11. The second-order valence-corrected chi connectivity index (χ2v) is 7.14. The normalized spacial score (nSPS) is 10.6. The lowest BCUT2D eigenvalue weighted by Crippen LogP contribution is -2.13. The number of nitrogens with one attached hydrogen (secondary N) is 1. The molecule has 0 aliphatic heterocycles. The Bertz CT molecular complexity index is 1250. The number of aryl methyl sites for hydroxylation is 1. The molecule has 0 bridgehead atoms. The fourth-order valence-electron chi connectivity index (χ4n) is 3.20. The van der Waals surface area contributed by atoms with Crippen molar-refractivity contribution >= 4 is 23.0 Å². The number of benzene rings is 3. The van der Waals surface area contributed by atoms with Gasteiger partial charge in [0.25, 0.3) is 5.69 Å². The molecule has 0 saturated heterocycles. The molecule has 3 N–H and O–H groups in total. The topological polar surface area (TPSA) is 129 Å². The number of nitro benzene ring substituents is 1. The Labute approximate surface area is 183 Å². The number of hydrogen-bond donors (Lipinski definition) is 2. The molecule has 0 aliphatic carbocycles. The van der Waals surface area contributed by atoms with Crippen molar-refractivity contribution in [2.24, 2.45) is 0 Å². The van der Waals surface area contributed by atoms with Gasteiger partial charge in [-0.2, -0.15) is 0 Å². The molecule has 0 radical (unpaired) electrons. The van der Waals surface area contributed by atoms with Gasteiger partial charge in [-0.3, -0.25) is 14.9 Å². The number of nitro groups is 1. The van der Waals surface area contributed by atoms with Crippen LogP contribution in [-0.4, -0.2) is 25.8 Å². The van der Waals surface area contributed by atoms with Crippen molar-refractivity contribution in [1.82, 2.24) is 15.0 Å². The average molecular weight is 428 g/mol. The van der Waals surface area contributed by atoms with Gasteiger partial charge in [0.2, 0.25) is 5.91 Å². The smallest absolute Gasteiger partial charge is 0.269 e. The van der Waals surface area contributed by atoms with E-state index in [0.717, 1.165) is 11.1 Å². The number of nitrogens with zero attached hydrogens (tertiary/aromatic N) is 4. The zero-order valence-corrected chi connectivity index (χ0v) is 17.0. The Morgan fingerprint density at radius 2 is 1.78 bits per heavy atom. The van der Waals surface area contributed by atoms with Crippen LogP contribution in [0.15, 0.2) is 79.0 Å². The third-order valence-electron chi connectivity index (χ3n) is 4.91. The van der Waals surface area contributed by atoms with Crippen molar-refractivity contribution in [3.63, 3.8) is 0 Å². The van der Waals surface area contributed by atoms with E-state index < -0.39 is 4.92 Å². The lowest BCUT2D eigenvalue weighted by molar-refractivity contribution is -0.384. The van der Waals surface area contributed by atoms with Crippen LogP contribution in [0.4, 0.5) is 17.1 Å². The van der Waals surface area contributed by atoms with Gasteiger partial charge < -0.3 is 11.1 Å². The van der Waals surface area contributed by atoms with Crippen LogP contribution in [0.5, 0.6) is 0 Å². The van der Waals surface area contributed by atoms with Crippen molar-refractivity contribution in [3.8, 4) is 16.8 Å². The van der Waals surface area contributed by atoms with Crippen LogP contribution in [0, 0.1) is 10.1 Å². The predicted molar refractivity (Wildman–Crippen MR) is 121 cm³/mol. The van der Waals surface area contributed by atoms with Crippen molar-refractivity contribution in [2.45, 2.75) is 12.8 Å². The summed E-state index contributed by atoms with van der Waals surface area (Å²) < 4.78 is 1.51. The van der Waals surface area contributed by atoms with Gasteiger partial charge >= 0.3 is 0 Å². The number of anilines is 2. The minimum Gasteiger partial charge on any atom is -0.397 e. The zero-order valence-electron chi connectivity index (χ0n) is 17.0. The van der Waals surface area contributed by atoms with Gasteiger partial charge in [0.1, 0.15) is 0 Å². The van der Waals surface area contributed by atoms with Crippen LogP contribution < -0.4 is 11.1 Å². The van der Waals surface area contributed by atoms with Crippen LogP contribution in [-0.2, 0) is 11.2 Å². The molecule has 32 heavy (non-hydrogen) atoms. The van der Waals surface area contributed by atoms with E-state index >= 15 is 0 Å². The lowest BCUT2D eigenvalue weighted by atomic mass is 10.0. The van der Waals surface area contributed by atoms with E-state index in [2.05, 4.69) is 15.6 Å². The number of non-ortho nitro benzene ring substituents is 1. The average Bonchev–Trinajstić information content (AvgIpc) is 3.29. The number of carbonyl (C=O) groups is 1. The van der Waals surface area contributed by atoms with E-state index in [9.17, 15) is 14.9 Å². The molecule has 1 aromatic heterocycles. The summed E-state index contributed by atoms with van der Waals surface area (Å²) in [4.78, 5) is 22.8. The number of nitrogens with two attached hydrogens (primary N) is 1. The molecule has 1 heterocycles. The number of nitrogen functional groups attached to an aromatic ring is 1. The Kier molecular flexibility index (Phi) is 5.89. The molecule has 0 fully saturated rings. The molecule has 0 atom stereocenters. The molecular formula is C23H20N6O3. The van der Waals surface area contributed by atoms with Crippen molar-refractivity contribution in [2.75, 3.05) is 11.1 Å². The maximum absolute atomic E-state index is 12.5. The second kappa shape index (κ2) is 9.09. The molecule has 9 nitrogen and oxygen atoms in total. The molecule has 0 unspecified atom stereocenters. The number of amides is 1. The van der Waals surface area contributed by atoms with Gasteiger partial charge in [0, 0.05) is 25.0 Å². The largest absolute Gasteiger partial charge is 0.397 e. The van der Waals surface area contributed by atoms with Crippen LogP contribution in [0.2, 0.25) is 0 Å². The monoisotopic (exact) mass is 428 g/mol. The first-order valence-electron chi connectivity index (χ1n) is 9.90. The van der Waals surface area contributed by atoms with Gasteiger partial charge in [-0.25, -0.2) is 4.68 Å². The number of rotatable bonds is 7. The van der Waals surface area contributed by atoms with Gasteiger partial charge in [0.05, 0.1) is 33.9 Å². The van der Waals surface area contributed by atoms with Gasteiger partial charge in [-0.1, -0.05) is 41.6 Å². The molecule has 3 aromatic carbocycles. The van der Waals surface area contributed by atoms with E-state index in [4.69, 9.17) is 5.73 Å². The summed E-state index contributed by atoms with van der Waals surface area (Å²) in [5.74, 6) is -0.188. The third kappa shape index (κ3) is 4.78. The fraction of sp³-hybridized carbons (Fsp3) is 0.0870. The van der Waals surface area contributed by atoms with Gasteiger partial charge in [-0.05, 0) is 35.4 Å². The molecule has 9 heteroatoms. The van der Waals surface area contributed by atoms with Crippen LogP contribution in [0.1, 0.15) is 12.1 Å². The summed E-state index contributed by atoms with van der Waals surface area (Å²) in [5.41, 5.74) is 10.4. The fourth-order valence-corrected chi connectivity index (χ4v) is 3.20. The summed E-state index contributed by atoms with van der Waals surface area (Å²) in [6.07, 6.45) is 2.28.